The topological polar surface area (TPSA) is 266 Å². The molecular formula is C22H38N2O15. The highest BCUT2D eigenvalue weighted by Gasteiger charge is 2.52. The monoisotopic (exact) mass is 570 g/mol. The average Bonchev–Trinajstić information content (AvgIpc) is 2.87. The predicted octanol–water partition coefficient (Wildman–Crippen LogP) is -6.26. The Labute approximate surface area is 223 Å². The van der Waals surface area contributed by atoms with Gasteiger partial charge in [-0.05, 0) is 6.92 Å². The summed E-state index contributed by atoms with van der Waals surface area (Å²) < 4.78 is 27.9. The lowest BCUT2D eigenvalue weighted by atomic mass is 9.94. The molecule has 39 heavy (non-hydrogen) atoms. The number of hydrogen-bond acceptors (Lipinski definition) is 15. The summed E-state index contributed by atoms with van der Waals surface area (Å²) in [5.41, 5.74) is 0. The molecule has 17 nitrogen and oxygen atoms in total. The van der Waals surface area contributed by atoms with E-state index in [-0.39, 0.29) is 0 Å². The number of carbonyl (C=O) groups is 2. The summed E-state index contributed by atoms with van der Waals surface area (Å²) in [6, 6.07) is -2.80. The molecule has 17 heteroatoms. The Morgan fingerprint density at radius 1 is 0.718 bits per heavy atom. The van der Waals surface area contributed by atoms with Gasteiger partial charge in [0.15, 0.2) is 18.9 Å². The molecule has 0 saturated carbocycles. The number of carbonyl (C=O) groups excluding carboxylic acids is 2. The molecule has 0 bridgehead atoms. The van der Waals surface area contributed by atoms with Gasteiger partial charge in [-0.25, -0.2) is 0 Å². The molecule has 0 spiro atoms. The maximum absolute atomic E-state index is 11.8. The fraction of sp³-hybridized carbons (Fsp3) is 0.909. The smallest absolute Gasteiger partial charge is 0.217 e. The predicted molar refractivity (Wildman–Crippen MR) is 123 cm³/mol. The number of rotatable bonds is 8. The highest BCUT2D eigenvalue weighted by atomic mass is 16.7. The molecule has 226 valence electrons. The van der Waals surface area contributed by atoms with Gasteiger partial charge >= 0.3 is 0 Å². The van der Waals surface area contributed by atoms with Crippen molar-refractivity contribution < 1.29 is 74.1 Å². The van der Waals surface area contributed by atoms with Crippen LogP contribution >= 0.6 is 0 Å². The van der Waals surface area contributed by atoms with E-state index in [4.69, 9.17) is 23.7 Å². The van der Waals surface area contributed by atoms with E-state index in [2.05, 4.69) is 10.6 Å². The first-order valence-corrected chi connectivity index (χ1v) is 12.4. The molecule has 3 aliphatic heterocycles. The summed E-state index contributed by atoms with van der Waals surface area (Å²) >= 11 is 0. The lowest BCUT2D eigenvalue weighted by Crippen LogP contribution is -2.69. The van der Waals surface area contributed by atoms with Crippen molar-refractivity contribution in [1.29, 1.82) is 0 Å². The van der Waals surface area contributed by atoms with E-state index in [0.29, 0.717) is 0 Å². The van der Waals surface area contributed by atoms with E-state index in [1.807, 2.05) is 0 Å². The highest BCUT2D eigenvalue weighted by molar-refractivity contribution is 5.73. The van der Waals surface area contributed by atoms with Crippen molar-refractivity contribution in [2.45, 2.75) is 113 Å². The second-order valence-corrected chi connectivity index (χ2v) is 9.83. The van der Waals surface area contributed by atoms with Crippen LogP contribution in [0.4, 0.5) is 0 Å². The molecule has 3 aliphatic rings. The van der Waals surface area contributed by atoms with Gasteiger partial charge in [0.25, 0.3) is 0 Å². The fourth-order valence-corrected chi connectivity index (χ4v) is 4.71. The summed E-state index contributed by atoms with van der Waals surface area (Å²) in [4.78, 5) is 23.4. The number of aliphatic hydroxyl groups excluding tert-OH is 8. The minimum absolute atomic E-state index is 0.547. The van der Waals surface area contributed by atoms with Crippen molar-refractivity contribution in [1.82, 2.24) is 10.6 Å². The molecule has 0 aliphatic carbocycles. The molecule has 15 atom stereocenters. The van der Waals surface area contributed by atoms with Crippen LogP contribution in [-0.2, 0) is 33.3 Å². The zero-order valence-corrected chi connectivity index (χ0v) is 21.5. The van der Waals surface area contributed by atoms with Gasteiger partial charge in [-0.15, -0.1) is 0 Å². The lowest BCUT2D eigenvalue weighted by molar-refractivity contribution is -0.340. The van der Waals surface area contributed by atoms with Crippen molar-refractivity contribution >= 4 is 11.8 Å². The molecule has 3 rings (SSSR count). The number of amides is 2. The summed E-state index contributed by atoms with van der Waals surface area (Å²) in [7, 11) is 0. The van der Waals surface area contributed by atoms with Gasteiger partial charge in [0, 0.05) is 13.8 Å². The second kappa shape index (κ2) is 13.4. The minimum atomic E-state index is -1.77. The van der Waals surface area contributed by atoms with E-state index in [9.17, 15) is 50.4 Å². The van der Waals surface area contributed by atoms with Crippen LogP contribution in [0.1, 0.15) is 20.8 Å². The van der Waals surface area contributed by atoms with E-state index >= 15 is 0 Å². The Morgan fingerprint density at radius 2 is 1.33 bits per heavy atom. The molecule has 0 unspecified atom stereocenters. The Morgan fingerprint density at radius 3 is 1.92 bits per heavy atom. The van der Waals surface area contributed by atoms with Gasteiger partial charge in [0.2, 0.25) is 11.8 Å². The number of hydrogen-bond donors (Lipinski definition) is 10. The highest BCUT2D eigenvalue weighted by Crippen LogP contribution is 2.30. The number of ether oxygens (including phenoxy) is 5. The van der Waals surface area contributed by atoms with Crippen LogP contribution in [0.5, 0.6) is 0 Å². The van der Waals surface area contributed by atoms with Crippen molar-refractivity contribution in [3.63, 3.8) is 0 Å². The maximum atomic E-state index is 11.8. The van der Waals surface area contributed by atoms with Crippen LogP contribution in [-0.4, -0.2) is 158 Å². The number of aliphatic hydroxyl groups is 8. The Hall–Kier alpha value is -1.58. The van der Waals surface area contributed by atoms with Gasteiger partial charge < -0.3 is 75.2 Å². The van der Waals surface area contributed by atoms with E-state index < -0.39 is 117 Å². The summed E-state index contributed by atoms with van der Waals surface area (Å²) in [6.45, 7) is 2.42. The molecule has 3 fully saturated rings. The van der Waals surface area contributed by atoms with E-state index in [1.165, 1.54) is 6.92 Å². The number of nitrogens with one attached hydrogen (secondary N) is 2. The zero-order chi connectivity index (χ0) is 29.2. The molecule has 3 heterocycles. The summed E-state index contributed by atoms with van der Waals surface area (Å²) in [5.74, 6) is -1.25. The standard InChI is InChI=1S/C22H38N2O15/c1-6-13(28)17(32)18(33)22(36-6)35-5-10-19(16(31)11(20(34)37-10)23-7(2)26)39-21-12(24-8(3)27)15(30)14(29)9(4-25)38-21/h6,9-22,25,28-34H,4-5H2,1-3H3,(H,23,26)(H,24,27)/t6-,9-,10-,11-,12+,13+,14+,15-,16+,17+,18+,19+,20-,21+,22-/m1/s1. The lowest BCUT2D eigenvalue weighted by Gasteiger charge is -2.48. The minimum Gasteiger partial charge on any atom is -0.394 e. The van der Waals surface area contributed by atoms with E-state index in [0.717, 1.165) is 13.8 Å². The summed E-state index contributed by atoms with van der Waals surface area (Å²) in [6.07, 6.45) is -19.6. The first-order chi connectivity index (χ1) is 18.3. The summed E-state index contributed by atoms with van der Waals surface area (Å²) in [5, 5.41) is 86.8. The Bertz CT molecular complexity index is 837. The van der Waals surface area contributed by atoms with Crippen LogP contribution in [0.2, 0.25) is 0 Å². The Balaban J connectivity index is 1.84. The Kier molecular flexibility index (Phi) is 11.0. The van der Waals surface area contributed by atoms with Crippen LogP contribution in [0, 0.1) is 0 Å². The van der Waals surface area contributed by atoms with Crippen molar-refractivity contribution in [2.75, 3.05) is 13.2 Å². The van der Waals surface area contributed by atoms with E-state index in [1.54, 1.807) is 0 Å². The first kappa shape index (κ1) is 31.9. The third kappa shape index (κ3) is 7.20. The van der Waals surface area contributed by atoms with Crippen molar-refractivity contribution in [2.24, 2.45) is 0 Å². The van der Waals surface area contributed by atoms with Crippen LogP contribution in [0.3, 0.4) is 0 Å². The third-order valence-electron chi connectivity index (χ3n) is 6.84. The van der Waals surface area contributed by atoms with Gasteiger partial charge in [0.1, 0.15) is 67.0 Å². The first-order valence-electron chi connectivity index (χ1n) is 12.4. The van der Waals surface area contributed by atoms with Crippen molar-refractivity contribution in [3.05, 3.63) is 0 Å². The molecule has 0 radical (unpaired) electrons. The van der Waals surface area contributed by atoms with Gasteiger partial charge in [-0.1, -0.05) is 0 Å². The average molecular weight is 571 g/mol. The largest absolute Gasteiger partial charge is 0.394 e. The van der Waals surface area contributed by atoms with Crippen molar-refractivity contribution in [3.8, 4) is 0 Å². The molecule has 0 aromatic rings. The van der Waals surface area contributed by atoms with Gasteiger partial charge in [0.05, 0.1) is 19.3 Å². The van der Waals surface area contributed by atoms with Gasteiger partial charge in [-0.2, -0.15) is 0 Å². The quantitative estimate of drug-likeness (QED) is 0.130. The molecule has 3 saturated heterocycles. The third-order valence-corrected chi connectivity index (χ3v) is 6.84. The van der Waals surface area contributed by atoms with Crippen LogP contribution in [0.15, 0.2) is 0 Å². The van der Waals surface area contributed by atoms with Crippen LogP contribution < -0.4 is 10.6 Å². The molecule has 0 aromatic heterocycles. The normalized spacial score (nSPS) is 46.9. The maximum Gasteiger partial charge on any atom is 0.217 e. The fourth-order valence-electron chi connectivity index (χ4n) is 4.71. The molecule has 0 aromatic carbocycles. The second-order valence-electron chi connectivity index (χ2n) is 9.83. The SMILES string of the molecule is CC(=O)N[C@@H]1[C@H](O[C@@H]2[C@@H](O)[C@@H](NC(C)=O)[C@H](O)O[C@@H]2CO[C@@H]2O[C@H](C)[C@H](O)[C@H](O)[C@@H]2O)O[C@H](CO)[C@H](O)[C@@H]1O. The molecule has 2 amide bonds. The molecule has 10 N–H and O–H groups in total. The molecular weight excluding hydrogens is 532 g/mol. The van der Waals surface area contributed by atoms with Crippen LogP contribution in [0.25, 0.3) is 0 Å². The van der Waals surface area contributed by atoms with Gasteiger partial charge in [-0.3, -0.25) is 9.59 Å². The zero-order valence-electron chi connectivity index (χ0n) is 21.5.